The van der Waals surface area contributed by atoms with Crippen LogP contribution in [0.3, 0.4) is 0 Å². The van der Waals surface area contributed by atoms with Crippen LogP contribution < -0.4 is 0 Å². The lowest BCUT2D eigenvalue weighted by molar-refractivity contribution is 0.506. The Bertz CT molecular complexity index is 711. The van der Waals surface area contributed by atoms with Crippen LogP contribution in [0.15, 0.2) is 18.2 Å². The second-order valence-electron chi connectivity index (χ2n) is 9.78. The zero-order valence-corrected chi connectivity index (χ0v) is 19.3. The quantitative estimate of drug-likeness (QED) is 0.479. The van der Waals surface area contributed by atoms with Gasteiger partial charge in [0.2, 0.25) is 0 Å². The first-order valence-electron chi connectivity index (χ1n) is 12.8. The van der Waals surface area contributed by atoms with Gasteiger partial charge in [-0.3, -0.25) is 0 Å². The number of fused-ring (bicyclic) bond motifs is 1. The van der Waals surface area contributed by atoms with E-state index in [0.717, 1.165) is 5.92 Å². The summed E-state index contributed by atoms with van der Waals surface area (Å²) < 4.78 is 0. The van der Waals surface area contributed by atoms with Crippen molar-refractivity contribution in [1.29, 1.82) is 0 Å². The predicted octanol–water partition coefficient (Wildman–Crippen LogP) is 9.51. The molecular formula is C27H41NS. The molecule has 0 bridgehead atoms. The van der Waals surface area contributed by atoms with E-state index in [-0.39, 0.29) is 0 Å². The van der Waals surface area contributed by atoms with Crippen molar-refractivity contribution in [2.45, 2.75) is 127 Å². The first-order valence-corrected chi connectivity index (χ1v) is 13.6. The molecule has 2 aromatic heterocycles. The fourth-order valence-corrected chi connectivity index (χ4v) is 6.79. The molecule has 2 aromatic rings. The minimum absolute atomic E-state index is 0.688. The molecule has 0 radical (unpaired) electrons. The molecule has 0 aliphatic heterocycles. The second-order valence-corrected chi connectivity index (χ2v) is 10.8. The molecule has 4 rings (SSSR count). The Morgan fingerprint density at radius 2 is 1.07 bits per heavy atom. The van der Waals surface area contributed by atoms with Crippen molar-refractivity contribution in [1.82, 2.24) is 4.98 Å². The normalized spacial score (nSPS) is 22.5. The third-order valence-corrected chi connectivity index (χ3v) is 8.66. The van der Waals surface area contributed by atoms with Crippen molar-refractivity contribution in [3.63, 3.8) is 0 Å². The highest BCUT2D eigenvalue weighted by molar-refractivity contribution is 7.18. The Kier molecular flexibility index (Phi) is 8.46. The van der Waals surface area contributed by atoms with E-state index in [1.807, 2.05) is 11.3 Å². The Balaban J connectivity index is 1.48. The molecule has 0 amide bonds. The maximum absolute atomic E-state index is 5.24. The SMILES string of the molecule is c1cc2cc(C3CCCCCCCC3)sc2nc1C1CCCCCCCCCC1. The van der Waals surface area contributed by atoms with E-state index < -0.39 is 0 Å². The van der Waals surface area contributed by atoms with E-state index in [1.54, 1.807) is 4.88 Å². The van der Waals surface area contributed by atoms with Crippen molar-refractivity contribution in [3.05, 3.63) is 28.8 Å². The number of pyridine rings is 1. The molecule has 2 fully saturated rings. The van der Waals surface area contributed by atoms with Gasteiger partial charge in [0.1, 0.15) is 4.83 Å². The highest BCUT2D eigenvalue weighted by Crippen LogP contribution is 2.38. The number of aromatic nitrogens is 1. The van der Waals surface area contributed by atoms with E-state index in [1.165, 1.54) is 131 Å². The molecule has 0 unspecified atom stereocenters. The van der Waals surface area contributed by atoms with Crippen molar-refractivity contribution in [2.24, 2.45) is 0 Å². The molecule has 2 aliphatic carbocycles. The Morgan fingerprint density at radius 1 is 0.586 bits per heavy atom. The molecule has 0 saturated heterocycles. The van der Waals surface area contributed by atoms with E-state index in [2.05, 4.69) is 18.2 Å². The van der Waals surface area contributed by atoms with Gasteiger partial charge in [0, 0.05) is 21.9 Å². The van der Waals surface area contributed by atoms with Crippen molar-refractivity contribution < 1.29 is 0 Å². The van der Waals surface area contributed by atoms with Crippen LogP contribution >= 0.6 is 11.3 Å². The van der Waals surface area contributed by atoms with Gasteiger partial charge in [0.05, 0.1) is 0 Å². The van der Waals surface area contributed by atoms with Crippen molar-refractivity contribution in [3.8, 4) is 0 Å². The Hall–Kier alpha value is -0.890. The average Bonchev–Trinajstić information content (AvgIpc) is 3.18. The van der Waals surface area contributed by atoms with Gasteiger partial charge in [-0.1, -0.05) is 96.0 Å². The summed E-state index contributed by atoms with van der Waals surface area (Å²) in [6.07, 6.45) is 25.5. The van der Waals surface area contributed by atoms with Gasteiger partial charge in [-0.2, -0.15) is 0 Å². The van der Waals surface area contributed by atoms with Gasteiger partial charge in [0.15, 0.2) is 0 Å². The third kappa shape index (κ3) is 6.29. The van der Waals surface area contributed by atoms with Crippen LogP contribution in [0.4, 0.5) is 0 Å². The number of hydrogen-bond acceptors (Lipinski definition) is 2. The lowest BCUT2D eigenvalue weighted by Crippen LogP contribution is -2.02. The topological polar surface area (TPSA) is 12.9 Å². The number of thiophene rings is 1. The Labute approximate surface area is 182 Å². The summed E-state index contributed by atoms with van der Waals surface area (Å²) in [7, 11) is 0. The lowest BCUT2D eigenvalue weighted by atomic mass is 9.92. The van der Waals surface area contributed by atoms with E-state index in [0.29, 0.717) is 5.92 Å². The van der Waals surface area contributed by atoms with E-state index >= 15 is 0 Å². The molecule has 2 saturated carbocycles. The zero-order chi connectivity index (χ0) is 19.7. The molecule has 29 heavy (non-hydrogen) atoms. The largest absolute Gasteiger partial charge is 0.242 e. The van der Waals surface area contributed by atoms with Gasteiger partial charge in [-0.25, -0.2) is 4.98 Å². The summed E-state index contributed by atoms with van der Waals surface area (Å²) in [5.41, 5.74) is 1.39. The van der Waals surface area contributed by atoms with Crippen LogP contribution in [0, 0.1) is 0 Å². The van der Waals surface area contributed by atoms with E-state index in [4.69, 9.17) is 4.98 Å². The van der Waals surface area contributed by atoms with Gasteiger partial charge in [0.25, 0.3) is 0 Å². The van der Waals surface area contributed by atoms with Crippen LogP contribution in [0.2, 0.25) is 0 Å². The summed E-state index contributed by atoms with van der Waals surface area (Å²) in [6, 6.07) is 7.24. The van der Waals surface area contributed by atoms with Crippen LogP contribution in [0.5, 0.6) is 0 Å². The summed E-state index contributed by atoms with van der Waals surface area (Å²) >= 11 is 2.01. The Morgan fingerprint density at radius 3 is 1.62 bits per heavy atom. The lowest BCUT2D eigenvalue weighted by Gasteiger charge is -2.16. The summed E-state index contributed by atoms with van der Waals surface area (Å²) in [5, 5.41) is 1.39. The molecule has 160 valence electrons. The van der Waals surface area contributed by atoms with Crippen LogP contribution in [-0.4, -0.2) is 4.98 Å². The smallest absolute Gasteiger partial charge is 0.123 e. The van der Waals surface area contributed by atoms with Crippen LogP contribution in [0.25, 0.3) is 10.2 Å². The summed E-state index contributed by atoms with van der Waals surface area (Å²) in [6.45, 7) is 0. The minimum atomic E-state index is 0.688. The maximum Gasteiger partial charge on any atom is 0.123 e. The molecule has 0 aromatic carbocycles. The summed E-state index contributed by atoms with van der Waals surface area (Å²) in [4.78, 5) is 8.17. The van der Waals surface area contributed by atoms with Gasteiger partial charge in [-0.05, 0) is 43.7 Å². The monoisotopic (exact) mass is 411 g/mol. The maximum atomic E-state index is 5.24. The molecule has 0 atom stereocenters. The van der Waals surface area contributed by atoms with Crippen molar-refractivity contribution in [2.75, 3.05) is 0 Å². The molecule has 0 spiro atoms. The van der Waals surface area contributed by atoms with Gasteiger partial charge < -0.3 is 0 Å². The van der Waals surface area contributed by atoms with E-state index in [9.17, 15) is 0 Å². The third-order valence-electron chi connectivity index (χ3n) is 7.45. The fraction of sp³-hybridized carbons (Fsp3) is 0.741. The fourth-order valence-electron chi connectivity index (χ4n) is 5.58. The van der Waals surface area contributed by atoms with Gasteiger partial charge >= 0.3 is 0 Å². The molecule has 2 heteroatoms. The second kappa shape index (κ2) is 11.5. The molecule has 0 N–H and O–H groups in total. The highest BCUT2D eigenvalue weighted by atomic mass is 32.1. The first-order chi connectivity index (χ1) is 14.4. The molecule has 1 nitrogen and oxygen atoms in total. The average molecular weight is 412 g/mol. The summed E-state index contributed by atoms with van der Waals surface area (Å²) in [5.74, 6) is 1.47. The van der Waals surface area contributed by atoms with Crippen LogP contribution in [0.1, 0.15) is 138 Å². The van der Waals surface area contributed by atoms with Crippen LogP contribution in [-0.2, 0) is 0 Å². The highest BCUT2D eigenvalue weighted by Gasteiger charge is 2.18. The first kappa shape index (κ1) is 21.3. The predicted molar refractivity (Wildman–Crippen MR) is 128 cm³/mol. The van der Waals surface area contributed by atoms with Gasteiger partial charge in [-0.15, -0.1) is 11.3 Å². The number of nitrogens with zero attached hydrogens (tertiary/aromatic N) is 1. The molecule has 2 aliphatic rings. The minimum Gasteiger partial charge on any atom is -0.242 e. The van der Waals surface area contributed by atoms with Crippen molar-refractivity contribution >= 4 is 21.6 Å². The number of rotatable bonds is 2. The molecule has 2 heterocycles. The number of hydrogen-bond donors (Lipinski definition) is 0. The zero-order valence-electron chi connectivity index (χ0n) is 18.5. The standard InChI is InChI=1S/C27H41NS/c1-2-4-8-12-16-22(15-11-7-3-1)25-20-19-24-21-26(29-27(24)28-25)23-17-13-9-5-6-10-14-18-23/h19-23H,1-18H2. The molecular weight excluding hydrogens is 370 g/mol.